The number of ether oxygens (including phenoxy) is 2. The van der Waals surface area contributed by atoms with Crippen molar-refractivity contribution in [1.29, 1.82) is 0 Å². The van der Waals surface area contributed by atoms with E-state index in [1.807, 2.05) is 18.2 Å². The molecule has 1 aromatic rings. The summed E-state index contributed by atoms with van der Waals surface area (Å²) in [7, 11) is 1.77. The molecule has 23 heavy (non-hydrogen) atoms. The molecule has 5 rings (SSSR count). The second-order valence-electron chi connectivity index (χ2n) is 7.41. The highest BCUT2D eigenvalue weighted by atomic mass is 16.5. The number of hydrogen-bond donors (Lipinski definition) is 0. The number of esters is 1. The van der Waals surface area contributed by atoms with Crippen LogP contribution in [0.5, 0.6) is 5.75 Å². The molecule has 0 aliphatic heterocycles. The molecule has 0 aromatic heterocycles. The zero-order chi connectivity index (χ0) is 16.0. The summed E-state index contributed by atoms with van der Waals surface area (Å²) in [6.45, 7) is 1.43. The van der Waals surface area contributed by atoms with Crippen LogP contribution in [0.3, 0.4) is 0 Å². The van der Waals surface area contributed by atoms with E-state index in [0.29, 0.717) is 17.6 Å². The van der Waals surface area contributed by atoms with Gasteiger partial charge in [0, 0.05) is 12.5 Å². The summed E-state index contributed by atoms with van der Waals surface area (Å²) in [6.07, 6.45) is 6.78. The number of methoxy groups -OCH3 is 1. The molecule has 0 unspecified atom stereocenters. The number of rotatable bonds is 3. The van der Waals surface area contributed by atoms with Gasteiger partial charge in [0.05, 0.1) is 7.11 Å². The van der Waals surface area contributed by atoms with Gasteiger partial charge in [-0.15, -0.1) is 0 Å². The molecule has 0 spiro atoms. The summed E-state index contributed by atoms with van der Waals surface area (Å²) in [5.41, 5.74) is 2.56. The van der Waals surface area contributed by atoms with Gasteiger partial charge in [-0.1, -0.05) is 12.1 Å². The maximum absolute atomic E-state index is 11.2. The fraction of sp³-hybridized carbons (Fsp3) is 0.550. The highest BCUT2D eigenvalue weighted by molar-refractivity contribution is 5.71. The topological polar surface area (TPSA) is 35.5 Å². The average molecular weight is 312 g/mol. The van der Waals surface area contributed by atoms with E-state index in [0.717, 1.165) is 23.2 Å². The van der Waals surface area contributed by atoms with E-state index >= 15 is 0 Å². The number of carbonyl (C=O) groups excluding carboxylic acids is 1. The maximum Gasteiger partial charge on any atom is 0.308 e. The number of carbonyl (C=O) groups is 1. The second kappa shape index (κ2) is 5.70. The fourth-order valence-electron chi connectivity index (χ4n) is 5.33. The van der Waals surface area contributed by atoms with E-state index in [1.54, 1.807) is 7.11 Å². The SMILES string of the molecule is COC(=C1C2CC3CC(C2)CC1C3)c1cccc(OC(C)=O)c1. The monoisotopic (exact) mass is 312 g/mol. The Morgan fingerprint density at radius 3 is 2.26 bits per heavy atom. The molecule has 0 radical (unpaired) electrons. The lowest BCUT2D eigenvalue weighted by Gasteiger charge is -2.51. The first-order chi connectivity index (χ1) is 11.1. The van der Waals surface area contributed by atoms with Crippen LogP contribution in [0, 0.1) is 23.7 Å². The normalized spacial score (nSPS) is 31.1. The third-order valence-electron chi connectivity index (χ3n) is 5.84. The lowest BCUT2D eigenvalue weighted by Crippen LogP contribution is -2.40. The van der Waals surface area contributed by atoms with Gasteiger partial charge in [-0.3, -0.25) is 4.79 Å². The molecule has 0 saturated heterocycles. The van der Waals surface area contributed by atoms with E-state index in [4.69, 9.17) is 9.47 Å². The van der Waals surface area contributed by atoms with Crippen molar-refractivity contribution in [2.24, 2.45) is 23.7 Å². The molecule has 1 aromatic carbocycles. The summed E-state index contributed by atoms with van der Waals surface area (Å²) in [6, 6.07) is 7.74. The number of benzene rings is 1. The van der Waals surface area contributed by atoms with Crippen LogP contribution in [0.1, 0.15) is 44.6 Å². The summed E-state index contributed by atoms with van der Waals surface area (Å²) in [4.78, 5) is 11.2. The van der Waals surface area contributed by atoms with Crippen molar-refractivity contribution >= 4 is 11.7 Å². The van der Waals surface area contributed by atoms with Gasteiger partial charge in [-0.25, -0.2) is 0 Å². The number of allylic oxidation sites excluding steroid dienone is 1. The number of hydrogen-bond acceptors (Lipinski definition) is 3. The fourth-order valence-corrected chi connectivity index (χ4v) is 5.33. The maximum atomic E-state index is 11.2. The first-order valence-electron chi connectivity index (χ1n) is 8.71. The summed E-state index contributed by atoms with van der Waals surface area (Å²) in [5, 5.41) is 0. The Hall–Kier alpha value is -1.77. The van der Waals surface area contributed by atoms with Crippen LogP contribution in [0.15, 0.2) is 29.8 Å². The van der Waals surface area contributed by atoms with Crippen LogP contribution in [0.4, 0.5) is 0 Å². The Bertz CT molecular complexity index is 629. The van der Waals surface area contributed by atoms with Crippen LogP contribution in [0.2, 0.25) is 0 Å². The Balaban J connectivity index is 1.72. The van der Waals surface area contributed by atoms with E-state index in [9.17, 15) is 4.79 Å². The summed E-state index contributed by atoms with van der Waals surface area (Å²) in [5.74, 6) is 4.58. The van der Waals surface area contributed by atoms with Crippen molar-refractivity contribution < 1.29 is 14.3 Å². The molecule has 4 saturated carbocycles. The first kappa shape index (κ1) is 14.8. The lowest BCUT2D eigenvalue weighted by molar-refractivity contribution is -0.131. The molecule has 3 heteroatoms. The van der Waals surface area contributed by atoms with Gasteiger partial charge in [-0.05, 0) is 73.5 Å². The van der Waals surface area contributed by atoms with Gasteiger partial charge in [0.1, 0.15) is 11.5 Å². The largest absolute Gasteiger partial charge is 0.496 e. The summed E-state index contributed by atoms with van der Waals surface area (Å²) >= 11 is 0. The highest BCUT2D eigenvalue weighted by Gasteiger charge is 2.46. The van der Waals surface area contributed by atoms with Crippen molar-refractivity contribution in [2.75, 3.05) is 7.11 Å². The Labute approximate surface area is 137 Å². The molecule has 0 N–H and O–H groups in total. The van der Waals surface area contributed by atoms with Crippen molar-refractivity contribution in [3.63, 3.8) is 0 Å². The quantitative estimate of drug-likeness (QED) is 0.471. The van der Waals surface area contributed by atoms with Crippen LogP contribution in [-0.4, -0.2) is 13.1 Å². The van der Waals surface area contributed by atoms with Crippen molar-refractivity contribution in [3.05, 3.63) is 35.4 Å². The third-order valence-corrected chi connectivity index (χ3v) is 5.84. The highest BCUT2D eigenvalue weighted by Crippen LogP contribution is 2.57. The standard InChI is InChI=1S/C20H24O3/c1-12(21)23-18-5-3-4-15(11-18)20(22-2)19-16-7-13-6-14(9-16)10-17(19)8-13/h3-5,11,13-14,16-17H,6-10H2,1-2H3. The molecule has 0 atom stereocenters. The second-order valence-corrected chi connectivity index (χ2v) is 7.41. The van der Waals surface area contributed by atoms with Gasteiger partial charge in [0.15, 0.2) is 0 Å². The van der Waals surface area contributed by atoms with Gasteiger partial charge in [0.25, 0.3) is 0 Å². The molecule has 122 valence electrons. The smallest absolute Gasteiger partial charge is 0.308 e. The van der Waals surface area contributed by atoms with Gasteiger partial charge in [0.2, 0.25) is 0 Å². The van der Waals surface area contributed by atoms with Gasteiger partial charge in [-0.2, -0.15) is 0 Å². The zero-order valence-corrected chi connectivity index (χ0v) is 13.9. The predicted molar refractivity (Wildman–Crippen MR) is 88.7 cm³/mol. The molecular weight excluding hydrogens is 288 g/mol. The molecule has 0 amide bonds. The molecule has 4 aliphatic rings. The van der Waals surface area contributed by atoms with Crippen molar-refractivity contribution in [2.45, 2.75) is 39.0 Å². The molecule has 4 aliphatic carbocycles. The van der Waals surface area contributed by atoms with Gasteiger partial charge < -0.3 is 9.47 Å². The van der Waals surface area contributed by atoms with Crippen LogP contribution in [0.25, 0.3) is 5.76 Å². The Morgan fingerprint density at radius 1 is 1.04 bits per heavy atom. The van der Waals surface area contributed by atoms with Crippen LogP contribution < -0.4 is 4.74 Å². The van der Waals surface area contributed by atoms with E-state index in [2.05, 4.69) is 6.07 Å². The Morgan fingerprint density at radius 2 is 1.70 bits per heavy atom. The molecule has 0 heterocycles. The zero-order valence-electron chi connectivity index (χ0n) is 13.9. The first-order valence-corrected chi connectivity index (χ1v) is 8.71. The molecule has 4 fully saturated rings. The molecule has 3 nitrogen and oxygen atoms in total. The molecular formula is C20H24O3. The van der Waals surface area contributed by atoms with Crippen LogP contribution in [-0.2, 0) is 9.53 Å². The Kier molecular flexibility index (Phi) is 3.67. The molecule has 4 bridgehead atoms. The van der Waals surface area contributed by atoms with Crippen LogP contribution >= 0.6 is 0 Å². The lowest BCUT2D eigenvalue weighted by atomic mass is 9.54. The summed E-state index contributed by atoms with van der Waals surface area (Å²) < 4.78 is 11.1. The van der Waals surface area contributed by atoms with Crippen molar-refractivity contribution in [1.82, 2.24) is 0 Å². The third kappa shape index (κ3) is 2.66. The van der Waals surface area contributed by atoms with Gasteiger partial charge >= 0.3 is 5.97 Å². The predicted octanol–water partition coefficient (Wildman–Crippen LogP) is 4.43. The van der Waals surface area contributed by atoms with Crippen molar-refractivity contribution in [3.8, 4) is 5.75 Å². The van der Waals surface area contributed by atoms with E-state index < -0.39 is 0 Å². The van der Waals surface area contributed by atoms with E-state index in [-0.39, 0.29) is 5.97 Å². The minimum absolute atomic E-state index is 0.289. The minimum atomic E-state index is -0.289. The van der Waals surface area contributed by atoms with E-state index in [1.165, 1.54) is 44.6 Å². The average Bonchev–Trinajstić information content (AvgIpc) is 2.49. The minimum Gasteiger partial charge on any atom is -0.496 e.